The van der Waals surface area contributed by atoms with Crippen molar-refractivity contribution in [1.82, 2.24) is 5.32 Å². The fourth-order valence-corrected chi connectivity index (χ4v) is 1.18. The maximum Gasteiger partial charge on any atom is 0.336 e. The molecule has 0 aromatic rings. The summed E-state index contributed by atoms with van der Waals surface area (Å²) in [7, 11) is -3.05. The minimum absolute atomic E-state index is 0.0807. The van der Waals surface area contributed by atoms with Gasteiger partial charge in [0.15, 0.2) is 5.60 Å². The highest BCUT2D eigenvalue weighted by atomic mass is 32.2. The van der Waals surface area contributed by atoms with E-state index < -0.39 is 21.4 Å². The SMILES string of the molecule is CC(O)(CNCCS(C)(=O)=O)C(=O)O. The van der Waals surface area contributed by atoms with E-state index in [1.54, 1.807) is 0 Å². The Morgan fingerprint density at radius 3 is 2.36 bits per heavy atom. The molecule has 0 aliphatic carbocycles. The summed E-state index contributed by atoms with van der Waals surface area (Å²) in [6.07, 6.45) is 1.09. The minimum Gasteiger partial charge on any atom is -0.479 e. The van der Waals surface area contributed by atoms with Crippen LogP contribution in [0.15, 0.2) is 0 Å². The van der Waals surface area contributed by atoms with Crippen LogP contribution in [0.4, 0.5) is 0 Å². The molecular formula is C7H15NO5S. The van der Waals surface area contributed by atoms with Gasteiger partial charge in [-0.1, -0.05) is 0 Å². The first kappa shape index (κ1) is 13.3. The van der Waals surface area contributed by atoms with Gasteiger partial charge in [-0.3, -0.25) is 0 Å². The highest BCUT2D eigenvalue weighted by Gasteiger charge is 2.28. The van der Waals surface area contributed by atoms with Crippen LogP contribution >= 0.6 is 0 Å². The highest BCUT2D eigenvalue weighted by molar-refractivity contribution is 7.90. The molecule has 0 aromatic carbocycles. The molecular weight excluding hydrogens is 210 g/mol. The summed E-state index contributed by atoms with van der Waals surface area (Å²) in [5.41, 5.74) is -1.86. The second kappa shape index (κ2) is 4.72. The molecule has 0 amide bonds. The topological polar surface area (TPSA) is 104 Å². The van der Waals surface area contributed by atoms with Crippen LogP contribution in [0.2, 0.25) is 0 Å². The number of hydrogen-bond donors (Lipinski definition) is 3. The van der Waals surface area contributed by atoms with Gasteiger partial charge in [-0.15, -0.1) is 0 Å². The van der Waals surface area contributed by atoms with Gasteiger partial charge in [-0.05, 0) is 6.92 Å². The lowest BCUT2D eigenvalue weighted by molar-refractivity contribution is -0.156. The Balaban J connectivity index is 3.81. The van der Waals surface area contributed by atoms with Crippen molar-refractivity contribution in [3.8, 4) is 0 Å². The largest absolute Gasteiger partial charge is 0.479 e. The zero-order valence-corrected chi connectivity index (χ0v) is 8.97. The number of aliphatic carboxylic acids is 1. The molecule has 7 heteroatoms. The van der Waals surface area contributed by atoms with Crippen LogP contribution in [-0.4, -0.2) is 55.3 Å². The summed E-state index contributed by atoms with van der Waals surface area (Å²) in [5, 5.41) is 20.3. The monoisotopic (exact) mass is 225 g/mol. The van der Waals surface area contributed by atoms with Gasteiger partial charge >= 0.3 is 5.97 Å². The molecule has 0 aromatic heterocycles. The fourth-order valence-electron chi connectivity index (χ4n) is 0.665. The van der Waals surface area contributed by atoms with Crippen molar-refractivity contribution in [3.05, 3.63) is 0 Å². The summed E-state index contributed by atoms with van der Waals surface area (Å²) >= 11 is 0. The van der Waals surface area contributed by atoms with Crippen LogP contribution in [0, 0.1) is 0 Å². The molecule has 0 aliphatic rings. The third-order valence-corrected chi connectivity index (χ3v) is 2.53. The first-order chi connectivity index (χ1) is 6.15. The molecule has 0 radical (unpaired) electrons. The molecule has 0 heterocycles. The molecule has 0 saturated heterocycles. The van der Waals surface area contributed by atoms with Crippen LogP contribution in [0.3, 0.4) is 0 Å². The maximum atomic E-state index is 10.7. The average molecular weight is 225 g/mol. The normalized spacial score (nSPS) is 16.2. The standard InChI is InChI=1S/C7H15NO5S/c1-7(11,6(9)10)5-8-3-4-14(2,12)13/h8,11H,3-5H2,1-2H3,(H,9,10). The zero-order valence-electron chi connectivity index (χ0n) is 8.15. The Morgan fingerprint density at radius 2 is 2.00 bits per heavy atom. The van der Waals surface area contributed by atoms with E-state index >= 15 is 0 Å². The van der Waals surface area contributed by atoms with E-state index in [0.29, 0.717) is 0 Å². The van der Waals surface area contributed by atoms with Crippen molar-refractivity contribution in [3.63, 3.8) is 0 Å². The number of sulfone groups is 1. The molecule has 84 valence electrons. The van der Waals surface area contributed by atoms with Crippen molar-refractivity contribution in [2.24, 2.45) is 0 Å². The summed E-state index contributed by atoms with van der Waals surface area (Å²) in [6, 6.07) is 0. The van der Waals surface area contributed by atoms with Gasteiger partial charge in [0.25, 0.3) is 0 Å². The highest BCUT2D eigenvalue weighted by Crippen LogP contribution is 2.00. The molecule has 0 spiro atoms. The lowest BCUT2D eigenvalue weighted by atomic mass is 10.1. The van der Waals surface area contributed by atoms with Gasteiger partial charge in [0, 0.05) is 19.3 Å². The van der Waals surface area contributed by atoms with E-state index in [1.807, 2.05) is 0 Å². The Kier molecular flexibility index (Phi) is 4.50. The van der Waals surface area contributed by atoms with Gasteiger partial charge in [0.2, 0.25) is 0 Å². The van der Waals surface area contributed by atoms with Crippen LogP contribution in [-0.2, 0) is 14.6 Å². The zero-order chi connectivity index (χ0) is 11.4. The summed E-state index contributed by atoms with van der Waals surface area (Å²) in [5.74, 6) is -1.42. The Labute approximate surface area is 82.9 Å². The predicted octanol–water partition coefficient (Wildman–Crippen LogP) is -1.54. The Morgan fingerprint density at radius 1 is 1.50 bits per heavy atom. The average Bonchev–Trinajstić information content (AvgIpc) is 1.96. The molecule has 0 fully saturated rings. The molecule has 0 saturated carbocycles. The van der Waals surface area contributed by atoms with E-state index in [-0.39, 0.29) is 18.8 Å². The molecule has 0 bridgehead atoms. The number of carboxylic acid groups (broad SMARTS) is 1. The fraction of sp³-hybridized carbons (Fsp3) is 0.857. The first-order valence-electron chi connectivity index (χ1n) is 3.99. The lowest BCUT2D eigenvalue weighted by Crippen LogP contribution is -2.45. The van der Waals surface area contributed by atoms with E-state index in [1.165, 1.54) is 0 Å². The van der Waals surface area contributed by atoms with Gasteiger partial charge < -0.3 is 15.5 Å². The second-order valence-electron chi connectivity index (χ2n) is 3.39. The number of aliphatic hydroxyl groups is 1. The quantitative estimate of drug-likeness (QED) is 0.473. The van der Waals surface area contributed by atoms with Gasteiger partial charge in [-0.2, -0.15) is 0 Å². The third-order valence-electron chi connectivity index (χ3n) is 1.58. The first-order valence-corrected chi connectivity index (χ1v) is 6.05. The molecule has 1 atom stereocenters. The molecule has 1 unspecified atom stereocenters. The number of carbonyl (C=O) groups is 1. The van der Waals surface area contributed by atoms with Crippen molar-refractivity contribution in [2.45, 2.75) is 12.5 Å². The number of nitrogens with one attached hydrogen (secondary N) is 1. The maximum absolute atomic E-state index is 10.7. The minimum atomic E-state index is -3.05. The molecule has 0 rings (SSSR count). The number of rotatable bonds is 6. The molecule has 6 nitrogen and oxygen atoms in total. The van der Waals surface area contributed by atoms with Crippen LogP contribution in [0.5, 0.6) is 0 Å². The lowest BCUT2D eigenvalue weighted by Gasteiger charge is -2.17. The van der Waals surface area contributed by atoms with E-state index in [9.17, 15) is 18.3 Å². The van der Waals surface area contributed by atoms with E-state index in [2.05, 4.69) is 5.32 Å². The summed E-state index contributed by atoms with van der Waals surface area (Å²) in [6.45, 7) is 1.09. The van der Waals surface area contributed by atoms with Crippen LogP contribution < -0.4 is 5.32 Å². The third kappa shape index (κ3) is 5.90. The summed E-state index contributed by atoms with van der Waals surface area (Å²) in [4.78, 5) is 10.4. The van der Waals surface area contributed by atoms with Gasteiger partial charge in [0.1, 0.15) is 9.84 Å². The summed E-state index contributed by atoms with van der Waals surface area (Å²) < 4.78 is 21.3. The van der Waals surface area contributed by atoms with Crippen molar-refractivity contribution >= 4 is 15.8 Å². The van der Waals surface area contributed by atoms with E-state index in [4.69, 9.17) is 5.11 Å². The molecule has 14 heavy (non-hydrogen) atoms. The van der Waals surface area contributed by atoms with Gasteiger partial charge in [0.05, 0.1) is 5.75 Å². The van der Waals surface area contributed by atoms with Gasteiger partial charge in [-0.25, -0.2) is 13.2 Å². The second-order valence-corrected chi connectivity index (χ2v) is 5.65. The molecule has 0 aliphatic heterocycles. The van der Waals surface area contributed by atoms with Crippen molar-refractivity contribution in [2.75, 3.05) is 25.1 Å². The van der Waals surface area contributed by atoms with Crippen LogP contribution in [0.25, 0.3) is 0 Å². The van der Waals surface area contributed by atoms with Crippen LogP contribution in [0.1, 0.15) is 6.92 Å². The van der Waals surface area contributed by atoms with E-state index in [0.717, 1.165) is 13.2 Å². The van der Waals surface area contributed by atoms with Crippen molar-refractivity contribution in [1.29, 1.82) is 0 Å². The number of hydrogen-bond acceptors (Lipinski definition) is 5. The smallest absolute Gasteiger partial charge is 0.336 e. The predicted molar refractivity (Wildman–Crippen MR) is 50.8 cm³/mol. The Bertz CT molecular complexity index is 295. The Hall–Kier alpha value is -0.660. The van der Waals surface area contributed by atoms with Crippen molar-refractivity contribution < 1.29 is 23.4 Å². The molecule has 3 N–H and O–H groups in total. The number of carboxylic acids is 1.